The van der Waals surface area contributed by atoms with Crippen molar-refractivity contribution >= 4 is 17.4 Å². The number of aromatic nitrogens is 4. The second kappa shape index (κ2) is 6.83. The van der Waals surface area contributed by atoms with Gasteiger partial charge in [-0.2, -0.15) is 4.98 Å². The fraction of sp³-hybridized carbons (Fsp3) is 0.0526. The van der Waals surface area contributed by atoms with Crippen LogP contribution in [0.5, 0.6) is 11.5 Å². The number of nitrogens with one attached hydrogen (secondary N) is 1. The van der Waals surface area contributed by atoms with Gasteiger partial charge in [0.15, 0.2) is 5.75 Å². The molecule has 0 saturated heterocycles. The van der Waals surface area contributed by atoms with Crippen molar-refractivity contribution < 1.29 is 13.9 Å². The number of halogens is 1. The Labute approximate surface area is 153 Å². The smallest absolute Gasteiger partial charge is 0.295 e. The van der Waals surface area contributed by atoms with E-state index >= 15 is 0 Å². The van der Waals surface area contributed by atoms with Crippen LogP contribution in [0.1, 0.15) is 16.3 Å². The highest BCUT2D eigenvalue weighted by Crippen LogP contribution is 2.29. The Hall–Kier alpha value is -3.81. The number of carbonyl (C=O) groups is 1. The van der Waals surface area contributed by atoms with Gasteiger partial charge >= 0.3 is 0 Å². The molecule has 1 N–H and O–H groups in total. The quantitative estimate of drug-likeness (QED) is 0.599. The second-order valence-corrected chi connectivity index (χ2v) is 5.74. The Morgan fingerprint density at radius 1 is 1.15 bits per heavy atom. The molecule has 0 aliphatic carbocycles. The molecule has 0 spiro atoms. The molecule has 0 aliphatic heterocycles. The Bertz CT molecular complexity index is 1140. The lowest BCUT2D eigenvalue weighted by Crippen LogP contribution is -2.14. The van der Waals surface area contributed by atoms with E-state index in [1.54, 1.807) is 48.7 Å². The number of para-hydroxylation sites is 2. The van der Waals surface area contributed by atoms with Crippen molar-refractivity contribution in [2.24, 2.45) is 0 Å². The van der Waals surface area contributed by atoms with Gasteiger partial charge in [-0.05, 0) is 37.3 Å². The molecule has 2 aromatic heterocycles. The maximum atomic E-state index is 13.4. The molecule has 134 valence electrons. The molecule has 2 heterocycles. The molecule has 2 aromatic carbocycles. The van der Waals surface area contributed by atoms with E-state index in [0.29, 0.717) is 23.0 Å². The lowest BCUT2D eigenvalue weighted by atomic mass is 10.2. The van der Waals surface area contributed by atoms with Gasteiger partial charge in [0.1, 0.15) is 11.6 Å². The van der Waals surface area contributed by atoms with Crippen molar-refractivity contribution in [2.75, 3.05) is 5.32 Å². The lowest BCUT2D eigenvalue weighted by Gasteiger charge is -2.11. The first-order valence-electron chi connectivity index (χ1n) is 8.12. The maximum Gasteiger partial charge on any atom is 0.295 e. The van der Waals surface area contributed by atoms with Crippen molar-refractivity contribution in [3.8, 4) is 11.5 Å². The van der Waals surface area contributed by atoms with E-state index in [4.69, 9.17) is 4.74 Å². The van der Waals surface area contributed by atoms with Crippen LogP contribution in [0.3, 0.4) is 0 Å². The van der Waals surface area contributed by atoms with Crippen molar-refractivity contribution in [3.05, 3.63) is 78.1 Å². The molecule has 8 heteroatoms. The zero-order valence-electron chi connectivity index (χ0n) is 14.3. The zero-order valence-corrected chi connectivity index (χ0v) is 14.3. The zero-order chi connectivity index (χ0) is 18.8. The summed E-state index contributed by atoms with van der Waals surface area (Å²) in [6.07, 6.45) is 1.60. The SMILES string of the molecule is Cc1ccnc2nc(C(=O)Nc3ccccc3Oc3cccc(F)c3)nn12. The number of anilines is 1. The fourth-order valence-corrected chi connectivity index (χ4v) is 2.50. The molecule has 7 nitrogen and oxygen atoms in total. The monoisotopic (exact) mass is 363 g/mol. The molecule has 0 atom stereocenters. The van der Waals surface area contributed by atoms with Crippen LogP contribution >= 0.6 is 0 Å². The maximum absolute atomic E-state index is 13.4. The highest BCUT2D eigenvalue weighted by molar-refractivity contribution is 6.02. The van der Waals surface area contributed by atoms with E-state index in [1.807, 2.05) is 6.92 Å². The topological polar surface area (TPSA) is 81.4 Å². The number of carbonyl (C=O) groups excluding carboxylic acids is 1. The largest absolute Gasteiger partial charge is 0.455 e. The molecule has 27 heavy (non-hydrogen) atoms. The molecular weight excluding hydrogens is 349 g/mol. The normalized spacial score (nSPS) is 10.7. The Morgan fingerprint density at radius 2 is 2.00 bits per heavy atom. The molecule has 4 aromatic rings. The van der Waals surface area contributed by atoms with E-state index in [-0.39, 0.29) is 5.82 Å². The summed E-state index contributed by atoms with van der Waals surface area (Å²) >= 11 is 0. The third-order valence-electron chi connectivity index (χ3n) is 3.79. The number of hydrogen-bond donors (Lipinski definition) is 1. The van der Waals surface area contributed by atoms with E-state index in [1.165, 1.54) is 16.6 Å². The first-order valence-corrected chi connectivity index (χ1v) is 8.12. The van der Waals surface area contributed by atoms with Crippen LogP contribution in [-0.2, 0) is 0 Å². The molecule has 0 bridgehead atoms. The van der Waals surface area contributed by atoms with E-state index in [2.05, 4.69) is 20.4 Å². The van der Waals surface area contributed by atoms with Crippen LogP contribution in [0.2, 0.25) is 0 Å². The summed E-state index contributed by atoms with van der Waals surface area (Å²) in [5, 5.41) is 6.89. The van der Waals surface area contributed by atoms with Crippen LogP contribution in [0.15, 0.2) is 60.8 Å². The Morgan fingerprint density at radius 3 is 2.81 bits per heavy atom. The van der Waals surface area contributed by atoms with Gasteiger partial charge in [-0.1, -0.05) is 18.2 Å². The van der Waals surface area contributed by atoms with Crippen molar-refractivity contribution in [1.82, 2.24) is 19.6 Å². The highest BCUT2D eigenvalue weighted by Gasteiger charge is 2.16. The number of ether oxygens (including phenoxy) is 1. The van der Waals surface area contributed by atoms with Gasteiger partial charge in [0, 0.05) is 18.0 Å². The minimum atomic E-state index is -0.504. The predicted molar refractivity (Wildman–Crippen MR) is 96.4 cm³/mol. The van der Waals surface area contributed by atoms with Crippen LogP contribution in [0, 0.1) is 12.7 Å². The minimum Gasteiger partial charge on any atom is -0.455 e. The average Bonchev–Trinajstić information content (AvgIpc) is 3.09. The van der Waals surface area contributed by atoms with Crippen molar-refractivity contribution in [2.45, 2.75) is 6.92 Å². The lowest BCUT2D eigenvalue weighted by molar-refractivity contribution is 0.101. The van der Waals surface area contributed by atoms with Crippen molar-refractivity contribution in [1.29, 1.82) is 0 Å². The summed E-state index contributed by atoms with van der Waals surface area (Å²) < 4.78 is 20.5. The van der Waals surface area contributed by atoms with Gasteiger partial charge in [0.25, 0.3) is 11.7 Å². The van der Waals surface area contributed by atoms with Crippen LogP contribution < -0.4 is 10.1 Å². The fourth-order valence-electron chi connectivity index (χ4n) is 2.50. The first-order chi connectivity index (χ1) is 13.1. The van der Waals surface area contributed by atoms with Gasteiger partial charge in [0.05, 0.1) is 5.69 Å². The molecule has 4 rings (SSSR count). The van der Waals surface area contributed by atoms with Crippen LogP contribution in [0.4, 0.5) is 10.1 Å². The molecule has 0 saturated carbocycles. The number of hydrogen-bond acceptors (Lipinski definition) is 5. The summed E-state index contributed by atoms with van der Waals surface area (Å²) in [6, 6.07) is 14.4. The minimum absolute atomic E-state index is 0.0163. The molecule has 0 radical (unpaired) electrons. The van der Waals surface area contributed by atoms with Crippen molar-refractivity contribution in [3.63, 3.8) is 0 Å². The summed E-state index contributed by atoms with van der Waals surface area (Å²) in [6.45, 7) is 1.84. The summed E-state index contributed by atoms with van der Waals surface area (Å²) in [5.74, 6) is 0.0969. The third-order valence-corrected chi connectivity index (χ3v) is 3.79. The number of amides is 1. The molecular formula is C19H14FN5O2. The van der Waals surface area contributed by atoms with Gasteiger partial charge in [-0.25, -0.2) is 13.9 Å². The number of aryl methyl sites for hydroxylation is 1. The Balaban J connectivity index is 1.60. The Kier molecular flexibility index (Phi) is 4.21. The van der Waals surface area contributed by atoms with E-state index in [9.17, 15) is 9.18 Å². The summed E-state index contributed by atoms with van der Waals surface area (Å²) in [7, 11) is 0. The molecule has 0 aliphatic rings. The van der Waals surface area contributed by atoms with E-state index in [0.717, 1.165) is 5.69 Å². The summed E-state index contributed by atoms with van der Waals surface area (Å²) in [4.78, 5) is 20.8. The average molecular weight is 363 g/mol. The van der Waals surface area contributed by atoms with E-state index < -0.39 is 11.7 Å². The number of rotatable bonds is 4. The van der Waals surface area contributed by atoms with Crippen LogP contribution in [-0.4, -0.2) is 25.5 Å². The number of nitrogens with zero attached hydrogens (tertiary/aromatic N) is 4. The van der Waals surface area contributed by atoms with Gasteiger partial charge in [0.2, 0.25) is 5.82 Å². The standard InChI is InChI=1S/C19H14FN5O2/c1-12-9-10-21-19-23-17(24-25(12)19)18(26)22-15-7-2-3-8-16(15)27-14-6-4-5-13(20)11-14/h2-11H,1H3,(H,22,26). The first kappa shape index (κ1) is 16.6. The third kappa shape index (κ3) is 3.45. The van der Waals surface area contributed by atoms with Gasteiger partial charge in [-0.15, -0.1) is 5.10 Å². The number of benzene rings is 2. The highest BCUT2D eigenvalue weighted by atomic mass is 19.1. The van der Waals surface area contributed by atoms with Crippen LogP contribution in [0.25, 0.3) is 5.78 Å². The molecule has 1 amide bonds. The summed E-state index contributed by atoms with van der Waals surface area (Å²) in [5.41, 5.74) is 1.22. The predicted octanol–water partition coefficient (Wildman–Crippen LogP) is 3.62. The number of fused-ring (bicyclic) bond motifs is 1. The van der Waals surface area contributed by atoms with Gasteiger partial charge in [-0.3, -0.25) is 4.79 Å². The molecule has 0 fully saturated rings. The van der Waals surface area contributed by atoms with Gasteiger partial charge < -0.3 is 10.1 Å². The second-order valence-electron chi connectivity index (χ2n) is 5.74. The molecule has 0 unspecified atom stereocenters.